The molecule has 0 bridgehead atoms. The number of carbonyl (C=O) groups is 2. The second-order valence-electron chi connectivity index (χ2n) is 7.16. The van der Waals surface area contributed by atoms with Gasteiger partial charge in [0.1, 0.15) is 17.7 Å². The molecule has 9 nitrogen and oxygen atoms in total. The van der Waals surface area contributed by atoms with Crippen molar-refractivity contribution in [1.82, 2.24) is 10.0 Å². The van der Waals surface area contributed by atoms with E-state index >= 15 is 0 Å². The van der Waals surface area contributed by atoms with Crippen molar-refractivity contribution >= 4 is 27.5 Å². The fraction of sp³-hybridized carbons (Fsp3) is 0.471. The number of benzene rings is 1. The van der Waals surface area contributed by atoms with Gasteiger partial charge in [0.05, 0.1) is 24.6 Å². The largest absolute Gasteiger partial charge is 0.379 e. The molecular formula is C17H19F2N3O6S. The van der Waals surface area contributed by atoms with Crippen LogP contribution in [-0.4, -0.2) is 56.6 Å². The van der Waals surface area contributed by atoms with Gasteiger partial charge in [-0.2, -0.15) is 0 Å². The van der Waals surface area contributed by atoms with E-state index in [9.17, 15) is 26.8 Å². The molecule has 2 amide bonds. The Morgan fingerprint density at radius 3 is 2.52 bits per heavy atom. The Balaban J connectivity index is 1.58. The lowest BCUT2D eigenvalue weighted by molar-refractivity contribution is -0.142. The highest BCUT2D eigenvalue weighted by atomic mass is 32.2. The summed E-state index contributed by atoms with van der Waals surface area (Å²) < 4.78 is 56.1. The third-order valence-corrected chi connectivity index (χ3v) is 5.02. The first-order valence-electron chi connectivity index (χ1n) is 8.61. The molecule has 0 spiro atoms. The van der Waals surface area contributed by atoms with Gasteiger partial charge in [-0.25, -0.2) is 17.2 Å². The predicted molar refractivity (Wildman–Crippen MR) is 96.3 cm³/mol. The molecule has 12 heteroatoms. The van der Waals surface area contributed by atoms with Crippen molar-refractivity contribution in [2.75, 3.05) is 12.9 Å². The monoisotopic (exact) mass is 431 g/mol. The zero-order valence-corrected chi connectivity index (χ0v) is 16.4. The van der Waals surface area contributed by atoms with Gasteiger partial charge < -0.3 is 14.9 Å². The van der Waals surface area contributed by atoms with Gasteiger partial charge in [-0.1, -0.05) is 5.16 Å². The predicted octanol–water partition coefficient (Wildman–Crippen LogP) is 0.197. The number of rotatable bonds is 5. The summed E-state index contributed by atoms with van der Waals surface area (Å²) in [5, 5.41) is 6.44. The van der Waals surface area contributed by atoms with Crippen molar-refractivity contribution in [3.63, 3.8) is 0 Å². The number of ether oxygens (including phenoxy) is 1. The van der Waals surface area contributed by atoms with Crippen LogP contribution in [0.3, 0.4) is 0 Å². The number of hydrogen-bond acceptors (Lipinski definition) is 7. The molecule has 1 fully saturated rings. The Kier molecular flexibility index (Phi) is 5.59. The highest BCUT2D eigenvalue weighted by Gasteiger charge is 2.44. The maximum Gasteiger partial charge on any atom is 0.267 e. The van der Waals surface area contributed by atoms with Crippen molar-refractivity contribution in [1.29, 1.82) is 0 Å². The van der Waals surface area contributed by atoms with E-state index in [0.29, 0.717) is 0 Å². The third-order valence-electron chi connectivity index (χ3n) is 4.45. The van der Waals surface area contributed by atoms with Crippen LogP contribution in [-0.2, 0) is 29.2 Å². The lowest BCUT2D eigenvalue weighted by Crippen LogP contribution is -2.49. The highest BCUT2D eigenvalue weighted by Crippen LogP contribution is 2.28. The van der Waals surface area contributed by atoms with E-state index < -0.39 is 51.2 Å². The molecule has 0 aromatic heterocycles. The molecule has 0 aliphatic carbocycles. The number of nitrogens with one attached hydrogen (secondary N) is 2. The van der Waals surface area contributed by atoms with Crippen molar-refractivity contribution in [3.8, 4) is 0 Å². The van der Waals surface area contributed by atoms with Gasteiger partial charge in [0.2, 0.25) is 15.6 Å². The van der Waals surface area contributed by atoms with E-state index in [-0.39, 0.29) is 30.7 Å². The second-order valence-corrected chi connectivity index (χ2v) is 8.91. The molecular weight excluding hydrogens is 412 g/mol. The Hall–Kier alpha value is -2.60. The van der Waals surface area contributed by atoms with E-state index in [1.165, 1.54) is 6.92 Å². The Bertz CT molecular complexity index is 963. The van der Waals surface area contributed by atoms with Crippen molar-refractivity contribution in [2.45, 2.75) is 37.5 Å². The van der Waals surface area contributed by atoms with Crippen LogP contribution in [0.4, 0.5) is 8.78 Å². The van der Waals surface area contributed by atoms with Gasteiger partial charge >= 0.3 is 0 Å². The van der Waals surface area contributed by atoms with Crippen molar-refractivity contribution in [3.05, 3.63) is 35.4 Å². The zero-order chi connectivity index (χ0) is 21.4. The topological polar surface area (TPSA) is 123 Å². The number of oxime groups is 1. The molecule has 2 N–H and O–H groups in total. The van der Waals surface area contributed by atoms with Crippen LogP contribution >= 0.6 is 0 Å². The molecule has 0 saturated carbocycles. The van der Waals surface area contributed by atoms with Crippen LogP contribution in [0, 0.1) is 11.6 Å². The number of sulfonamides is 1. The van der Waals surface area contributed by atoms with E-state index in [1.54, 1.807) is 0 Å². The van der Waals surface area contributed by atoms with E-state index in [4.69, 9.17) is 9.57 Å². The first-order valence-corrected chi connectivity index (χ1v) is 10.5. The molecule has 2 aliphatic heterocycles. The number of amides is 2. The molecule has 29 heavy (non-hydrogen) atoms. The van der Waals surface area contributed by atoms with Crippen LogP contribution in [0.1, 0.15) is 25.3 Å². The lowest BCUT2D eigenvalue weighted by Gasteiger charge is -2.22. The number of hydrogen-bond donors (Lipinski definition) is 2. The van der Waals surface area contributed by atoms with Crippen molar-refractivity contribution < 1.29 is 36.4 Å². The van der Waals surface area contributed by atoms with Gasteiger partial charge in [0.25, 0.3) is 11.8 Å². The lowest BCUT2D eigenvalue weighted by atomic mass is 9.94. The maximum atomic E-state index is 13.4. The molecule has 1 aromatic rings. The van der Waals surface area contributed by atoms with Crippen LogP contribution in [0.25, 0.3) is 0 Å². The maximum absolute atomic E-state index is 13.4. The smallest absolute Gasteiger partial charge is 0.267 e. The number of nitrogens with zero attached hydrogens (tertiary/aromatic N) is 1. The summed E-state index contributed by atoms with van der Waals surface area (Å²) in [7, 11) is -3.72. The van der Waals surface area contributed by atoms with Gasteiger partial charge in [-0.05, 0) is 19.1 Å². The summed E-state index contributed by atoms with van der Waals surface area (Å²) in [6, 6.07) is 2.35. The quantitative estimate of drug-likeness (QED) is 0.687. The Morgan fingerprint density at radius 1 is 1.24 bits per heavy atom. The molecule has 0 unspecified atom stereocenters. The van der Waals surface area contributed by atoms with Crippen LogP contribution in [0.2, 0.25) is 0 Å². The normalized spacial score (nSPS) is 26.6. The minimum absolute atomic E-state index is 0.00644. The summed E-state index contributed by atoms with van der Waals surface area (Å²) in [6.45, 7) is 1.48. The zero-order valence-electron chi connectivity index (χ0n) is 15.6. The molecule has 0 radical (unpaired) electrons. The molecule has 158 valence electrons. The summed E-state index contributed by atoms with van der Waals surface area (Å²) in [5.74, 6) is -2.92. The molecule has 2 heterocycles. The summed E-state index contributed by atoms with van der Waals surface area (Å²) in [5.41, 5.74) is -1.03. The first-order chi connectivity index (χ1) is 13.4. The SMILES string of the molecule is C[C@]1(C(=O)N[C@H]2CO[C@@H](C(=O)NS(C)(=O)=O)C2)CC(c2cc(F)cc(F)c2)=NO1. The number of halogens is 2. The minimum atomic E-state index is -3.72. The van der Waals surface area contributed by atoms with Gasteiger partial charge in [-0.3, -0.25) is 14.3 Å². The Morgan fingerprint density at radius 2 is 1.90 bits per heavy atom. The van der Waals surface area contributed by atoms with Gasteiger partial charge in [-0.15, -0.1) is 0 Å². The van der Waals surface area contributed by atoms with E-state index in [1.807, 2.05) is 4.72 Å². The number of carbonyl (C=O) groups excluding carboxylic acids is 2. The summed E-state index contributed by atoms with van der Waals surface area (Å²) >= 11 is 0. The standard InChI is InChI=1S/C17H19F2N3O6S/c1-17(7-13(21-28-17)9-3-10(18)5-11(19)4-9)16(24)20-12-6-14(27-8-12)15(23)22-29(2,25)26/h3-5,12,14H,6-8H2,1-2H3,(H,20,24)(H,22,23)/t12-,14-,17-/m1/s1. The molecule has 1 aromatic carbocycles. The molecule has 1 saturated heterocycles. The third kappa shape index (κ3) is 5.07. The van der Waals surface area contributed by atoms with E-state index in [2.05, 4.69) is 10.5 Å². The second kappa shape index (κ2) is 7.67. The first kappa shape index (κ1) is 21.1. The minimum Gasteiger partial charge on any atom is -0.379 e. The molecule has 3 rings (SSSR count). The van der Waals surface area contributed by atoms with Crippen LogP contribution < -0.4 is 10.0 Å². The van der Waals surface area contributed by atoms with Gasteiger partial charge in [0, 0.05) is 24.5 Å². The molecule has 3 atom stereocenters. The summed E-state index contributed by atoms with van der Waals surface area (Å²) in [4.78, 5) is 29.7. The fourth-order valence-corrected chi connectivity index (χ4v) is 3.53. The average Bonchev–Trinajstić information content (AvgIpc) is 3.20. The Labute approximate surface area is 165 Å². The highest BCUT2D eigenvalue weighted by molar-refractivity contribution is 7.89. The van der Waals surface area contributed by atoms with E-state index in [0.717, 1.165) is 24.5 Å². The van der Waals surface area contributed by atoms with Crippen LogP contribution in [0.5, 0.6) is 0 Å². The average molecular weight is 431 g/mol. The molecule has 2 aliphatic rings. The fourth-order valence-electron chi connectivity index (χ4n) is 3.03. The van der Waals surface area contributed by atoms with Crippen LogP contribution in [0.15, 0.2) is 23.4 Å². The summed E-state index contributed by atoms with van der Waals surface area (Å²) in [6.07, 6.45) is -0.118. The van der Waals surface area contributed by atoms with Gasteiger partial charge in [0.15, 0.2) is 0 Å². The van der Waals surface area contributed by atoms with Crippen molar-refractivity contribution in [2.24, 2.45) is 5.16 Å².